The first-order chi connectivity index (χ1) is 52.7. The molecule has 2 saturated heterocycles. The van der Waals surface area contributed by atoms with Gasteiger partial charge in [-0.25, -0.2) is 4.79 Å². The summed E-state index contributed by atoms with van der Waals surface area (Å²) < 4.78 is 0. The molecule has 17 atom stereocenters. The number of likely N-dealkylation sites (tertiary alicyclic amines) is 2. The van der Waals surface area contributed by atoms with Gasteiger partial charge in [-0.15, -0.1) is 0 Å². The molecule has 26 N–H and O–H groups in total. The number of rotatable bonds is 45. The number of hydrogen-bond acceptors (Lipinski definition) is 23. The second kappa shape index (κ2) is 45.1. The number of aromatic hydroxyl groups is 2. The fraction of sp³-hybridized carbons (Fsp3) is 0.592. The van der Waals surface area contributed by atoms with Crippen molar-refractivity contribution in [2.24, 2.45) is 39.8 Å². The molecule has 2 aromatic rings. The van der Waals surface area contributed by atoms with Gasteiger partial charge < -0.3 is 127 Å². The predicted octanol–water partition coefficient (Wildman–Crippen LogP) is -7.10. The third-order valence-electron chi connectivity index (χ3n) is 19.1. The van der Waals surface area contributed by atoms with Crippen molar-refractivity contribution < 1.29 is 112 Å². The van der Waals surface area contributed by atoms with Crippen LogP contribution in [0.1, 0.15) is 130 Å². The van der Waals surface area contributed by atoms with Gasteiger partial charge in [-0.05, 0) is 113 Å². The number of amides is 14. The zero-order valence-electron chi connectivity index (χ0n) is 63.5. The van der Waals surface area contributed by atoms with Crippen molar-refractivity contribution in [1.29, 1.82) is 0 Å². The number of phenols is 2. The van der Waals surface area contributed by atoms with Gasteiger partial charge in [0.15, 0.2) is 5.96 Å². The van der Waals surface area contributed by atoms with Crippen LogP contribution in [0.2, 0.25) is 0 Å². The van der Waals surface area contributed by atoms with E-state index >= 15 is 0 Å². The number of hydrogen-bond donors (Lipinski definition) is 22. The number of phenolic OH excluding ortho intramolecular Hbond substituents is 2. The third kappa shape index (κ3) is 29.2. The molecule has 41 nitrogen and oxygen atoms in total. The third-order valence-corrected chi connectivity index (χ3v) is 19.1. The van der Waals surface area contributed by atoms with E-state index in [1.54, 1.807) is 20.8 Å². The van der Waals surface area contributed by atoms with E-state index in [1.165, 1.54) is 72.2 Å². The first-order valence-corrected chi connectivity index (χ1v) is 36.7. The van der Waals surface area contributed by atoms with Gasteiger partial charge in [-0.3, -0.25) is 76.9 Å². The van der Waals surface area contributed by atoms with E-state index in [0.717, 1.165) is 6.92 Å². The highest BCUT2D eigenvalue weighted by Crippen LogP contribution is 2.23. The molecule has 0 radical (unpaired) electrons. The quantitative estimate of drug-likeness (QED) is 0.0166. The van der Waals surface area contributed by atoms with Crippen LogP contribution in [0.25, 0.3) is 0 Å². The summed E-state index contributed by atoms with van der Waals surface area (Å²) in [6, 6.07) is -9.85. The van der Waals surface area contributed by atoms with Gasteiger partial charge in [-0.1, -0.05) is 64.8 Å². The van der Waals surface area contributed by atoms with Crippen molar-refractivity contribution in [1.82, 2.24) is 68.3 Å². The molecule has 112 heavy (non-hydrogen) atoms. The van der Waals surface area contributed by atoms with Crippen LogP contribution in [0.5, 0.6) is 11.5 Å². The maximum absolute atomic E-state index is 14.4. The van der Waals surface area contributed by atoms with Gasteiger partial charge in [0, 0.05) is 38.9 Å². The molecule has 620 valence electrons. The number of carbonyl (C=O) groups excluding carboxylic acids is 14. The van der Waals surface area contributed by atoms with Gasteiger partial charge in [0.2, 0.25) is 82.7 Å². The van der Waals surface area contributed by atoms with Crippen LogP contribution >= 0.6 is 0 Å². The summed E-state index contributed by atoms with van der Waals surface area (Å²) in [6.45, 7) is 8.48. The van der Waals surface area contributed by atoms with E-state index in [0.29, 0.717) is 30.4 Å². The summed E-state index contributed by atoms with van der Waals surface area (Å²) in [4.78, 5) is 224. The average Bonchev–Trinajstić information content (AvgIpc) is 1.62. The van der Waals surface area contributed by atoms with Crippen molar-refractivity contribution in [3.63, 3.8) is 0 Å². The summed E-state index contributed by atoms with van der Waals surface area (Å²) in [5.41, 5.74) is 23.3. The summed E-state index contributed by atoms with van der Waals surface area (Å²) in [6.07, 6.45) is -5.13. The highest BCUT2D eigenvalue weighted by atomic mass is 16.4. The van der Waals surface area contributed by atoms with Gasteiger partial charge in [0.05, 0.1) is 37.8 Å². The number of primary amides is 1. The zero-order chi connectivity index (χ0) is 84.0. The maximum atomic E-state index is 14.4. The second-order valence-corrected chi connectivity index (χ2v) is 27.8. The average molecular weight is 1580 g/mol. The number of guanidine groups is 1. The van der Waals surface area contributed by atoms with Crippen molar-refractivity contribution >= 4 is 101 Å². The Morgan fingerprint density at radius 3 is 1.47 bits per heavy atom. The molecule has 0 spiro atoms. The molecule has 4 rings (SSSR count). The summed E-state index contributed by atoms with van der Waals surface area (Å²) >= 11 is 0. The topological polar surface area (TPSA) is 670 Å². The molecular weight excluding hydrogens is 1470 g/mol. The monoisotopic (exact) mass is 1580 g/mol. The highest BCUT2D eigenvalue weighted by molar-refractivity contribution is 6.01. The Bertz CT molecular complexity index is 3680. The lowest BCUT2D eigenvalue weighted by Crippen LogP contribution is -2.62. The number of nitrogens with zero attached hydrogens (tertiary/aromatic N) is 3. The van der Waals surface area contributed by atoms with Gasteiger partial charge in [-0.2, -0.15) is 0 Å². The molecule has 0 saturated carbocycles. The molecule has 0 aromatic heterocycles. The molecule has 0 bridgehead atoms. The number of carboxylic acids is 2. The number of carboxylic acid groups (broad SMARTS) is 2. The molecule has 14 amide bonds. The minimum absolute atomic E-state index is 0.0537. The van der Waals surface area contributed by atoms with E-state index in [-0.39, 0.29) is 75.6 Å². The molecular formula is C71H108N18O23. The number of nitrogens with one attached hydrogen (secondary N) is 11. The number of benzene rings is 2. The Morgan fingerprint density at radius 2 is 0.955 bits per heavy atom. The number of aliphatic imine (C=N–C) groups is 1. The highest BCUT2D eigenvalue weighted by Gasteiger charge is 2.43. The molecule has 41 heteroatoms. The Balaban J connectivity index is 1.50. The van der Waals surface area contributed by atoms with Crippen LogP contribution in [0.4, 0.5) is 0 Å². The minimum atomic E-state index is -2.05. The predicted molar refractivity (Wildman–Crippen MR) is 397 cm³/mol. The first kappa shape index (κ1) is 93.1. The fourth-order valence-corrected chi connectivity index (χ4v) is 12.0. The normalized spacial score (nSPS) is 17.9. The second-order valence-electron chi connectivity index (χ2n) is 27.8. The number of aliphatic hydroxyl groups is 3. The molecule has 2 aromatic carbocycles. The number of carbonyl (C=O) groups is 16. The lowest BCUT2D eigenvalue weighted by molar-refractivity contribution is -0.144. The standard InChI is InChI=1S/C71H108N18O23/c1-8-34(3)54(73)66(107)87-57(38(7)92)69(110)89-28-12-14-49(89)64(105)77-32-52(96)88-27-11-15-50(88)65(106)78-36(5)58(99)81-45(29-39-16-20-41(93)21-17-39)61(102)84-48(33-90)63(104)82-46(31-51(72)95)62(103)79-43(13-10-26-76-71(74)75)59(100)80-44(24-25-53(97)98)60(101)86-56(37(6)91)68(109)85-55(35(4)9-2)67(108)83-47(70(111)112)30-40-18-22-42(94)23-19-40/h16-23,34-38,43-50,54-57,90-94H,8-15,24-33,73H2,1-7H3,(H2,72,95)(H,77,105)(H,78,106)(H,79,103)(H,80,100)(H,81,99)(H,82,104)(H,83,108)(H,84,102)(H,85,109)(H,86,101)(H,87,107)(H,97,98)(H,111,112)(H4,74,75,76)/t34-,35-,36-,37+,38+,43-,44-,45-,46-,47-,48-,49-,50-,54-,55-,56-,57-/m0/s1. The molecule has 2 heterocycles. The number of nitrogens with two attached hydrogens (primary N) is 4. The lowest BCUT2D eigenvalue weighted by Gasteiger charge is -2.31. The van der Waals surface area contributed by atoms with Gasteiger partial charge in [0.1, 0.15) is 84.0 Å². The van der Waals surface area contributed by atoms with Crippen LogP contribution < -0.4 is 81.4 Å². The summed E-state index contributed by atoms with van der Waals surface area (Å²) in [5.74, 6) is -19.1. The smallest absolute Gasteiger partial charge is 0.326 e. The Morgan fingerprint density at radius 1 is 0.509 bits per heavy atom. The van der Waals surface area contributed by atoms with E-state index in [4.69, 9.17) is 22.9 Å². The van der Waals surface area contributed by atoms with Crippen molar-refractivity contribution in [3.8, 4) is 11.5 Å². The summed E-state index contributed by atoms with van der Waals surface area (Å²) in [7, 11) is 0. The maximum Gasteiger partial charge on any atom is 0.326 e. The molecule has 0 unspecified atom stereocenters. The molecule has 2 aliphatic heterocycles. The molecule has 2 fully saturated rings. The van der Waals surface area contributed by atoms with Crippen molar-refractivity contribution in [3.05, 3.63) is 59.7 Å². The molecule has 2 aliphatic rings. The summed E-state index contributed by atoms with van der Waals surface area (Å²) in [5, 5.41) is 97.5. The Hall–Kier alpha value is -11.3. The van der Waals surface area contributed by atoms with E-state index in [9.17, 15) is 112 Å². The van der Waals surface area contributed by atoms with Crippen LogP contribution in [-0.2, 0) is 89.6 Å². The largest absolute Gasteiger partial charge is 0.508 e. The van der Waals surface area contributed by atoms with Crippen molar-refractivity contribution in [2.45, 2.75) is 223 Å². The van der Waals surface area contributed by atoms with Gasteiger partial charge >= 0.3 is 11.9 Å². The van der Waals surface area contributed by atoms with E-state index in [1.807, 2.05) is 6.92 Å². The first-order valence-electron chi connectivity index (χ1n) is 36.7. The van der Waals surface area contributed by atoms with E-state index < -0.39 is 236 Å². The van der Waals surface area contributed by atoms with Crippen LogP contribution in [0.3, 0.4) is 0 Å². The lowest BCUT2D eigenvalue weighted by atomic mass is 9.96. The Kier molecular flexibility index (Phi) is 37.5. The van der Waals surface area contributed by atoms with Crippen LogP contribution in [-0.4, -0.2) is 270 Å². The van der Waals surface area contributed by atoms with E-state index in [2.05, 4.69) is 63.5 Å². The SMILES string of the molecule is CC[C@H](C)[C@H](N)C(=O)N[C@H](C(=O)N1CCC[C@H]1C(=O)NCC(=O)N1CCC[C@H]1C(=O)N[C@@H](C)C(=O)N[C@@H](Cc1ccc(O)cc1)C(=O)N[C@@H](CO)C(=O)N[C@@H](CC(N)=O)C(=O)N[C@@H](CCCN=C(N)N)C(=O)N[C@@H](CCC(=O)O)C(=O)N[C@H](C(=O)N[C@H](C(=O)N[C@@H](Cc1ccc(O)cc1)C(=O)O)[C@@H](C)CC)[C@@H](C)O)[C@@H](C)O. The Labute approximate surface area is 645 Å². The fourth-order valence-electron chi connectivity index (χ4n) is 12.0. The van der Waals surface area contributed by atoms with Crippen molar-refractivity contribution in [2.75, 3.05) is 32.8 Å². The zero-order valence-corrected chi connectivity index (χ0v) is 63.5. The van der Waals surface area contributed by atoms with Crippen LogP contribution in [0, 0.1) is 11.8 Å². The van der Waals surface area contributed by atoms with Gasteiger partial charge in [0.25, 0.3) is 0 Å². The molecule has 0 aliphatic carbocycles. The number of aliphatic carboxylic acids is 2. The minimum Gasteiger partial charge on any atom is -0.508 e. The van der Waals surface area contributed by atoms with Crippen LogP contribution in [0.15, 0.2) is 53.5 Å². The number of aliphatic hydroxyl groups excluding tert-OH is 3.